The molecule has 2 radical (unpaired) electrons. The fourth-order valence-corrected chi connectivity index (χ4v) is 15.2. The Bertz CT molecular complexity index is 5450. The zero-order valence-corrected chi connectivity index (χ0v) is 55.6. The smallest absolute Gasteiger partial charge is 0.744 e. The van der Waals surface area contributed by atoms with E-state index in [2.05, 4.69) is 59.8 Å². The molecule has 0 aromatic carbocycles. The number of rotatable bonds is 6. The van der Waals surface area contributed by atoms with Crippen LogP contribution in [0.15, 0.2) is 139 Å². The van der Waals surface area contributed by atoms with Crippen LogP contribution in [0.4, 0.5) is 0 Å². The standard InChI is InChI=1S/3C20H14N4O6S2.2Fe/c3*25-31(26,27)19-15-5-3-13(22-15)9-11-1-2-12(21-11)10-14-4-6-16(23-14)20(32(28,29)30)18-8-7-17(19)24-18;;/h3*1-10,22-23H,(H,25,26,27)(H,28,29,30);;/q;;;2*+3/p-6. The van der Waals surface area contributed by atoms with Gasteiger partial charge in [-0.15, -0.1) is 0 Å². The largest absolute Gasteiger partial charge is 3.00 e. The van der Waals surface area contributed by atoms with Crippen molar-refractivity contribution in [3.8, 4) is 0 Å². The van der Waals surface area contributed by atoms with Crippen molar-refractivity contribution < 1.29 is 112 Å². The molecule has 9 aromatic rings. The number of fused-ring (bicyclic) bond motifs is 24. The van der Waals surface area contributed by atoms with Crippen molar-refractivity contribution in [3.05, 3.63) is 178 Å². The summed E-state index contributed by atoms with van der Waals surface area (Å²) in [7, 11) is -30.2. The van der Waals surface area contributed by atoms with Crippen molar-refractivity contribution in [3.63, 3.8) is 0 Å². The van der Waals surface area contributed by atoms with Crippen LogP contribution < -0.4 is 0 Å². The predicted octanol–water partition coefficient (Wildman–Crippen LogP) is 7.39. The summed E-state index contributed by atoms with van der Waals surface area (Å²) in [6.45, 7) is 0. The Morgan fingerprint density at radius 2 is 0.357 bits per heavy atom. The number of H-pyrrole nitrogens is 6. The van der Waals surface area contributed by atoms with Gasteiger partial charge in [0.05, 0.1) is 101 Å². The zero-order chi connectivity index (χ0) is 68.0. The first-order chi connectivity index (χ1) is 45.2. The van der Waals surface area contributed by atoms with Gasteiger partial charge in [-0.1, -0.05) is 0 Å². The topological polar surface area (TPSA) is 515 Å². The molecular formula is C60H36Fe2N12O18S6. The average Bonchev–Trinajstić information content (AvgIpc) is 1.62. The fraction of sp³-hybridized carbons (Fsp3) is 0. The second kappa shape index (κ2) is 25.9. The third kappa shape index (κ3) is 14.8. The summed E-state index contributed by atoms with van der Waals surface area (Å²) < 4.78 is 217. The Kier molecular flexibility index (Phi) is 18.4. The van der Waals surface area contributed by atoms with Crippen LogP contribution in [0, 0.1) is 0 Å². The van der Waals surface area contributed by atoms with E-state index in [1.165, 1.54) is 72.9 Å². The molecule has 6 aliphatic heterocycles. The molecule has 0 saturated heterocycles. The van der Waals surface area contributed by atoms with E-state index in [0.717, 1.165) is 0 Å². The van der Waals surface area contributed by atoms with Crippen molar-refractivity contribution in [1.29, 1.82) is 0 Å². The predicted molar refractivity (Wildman–Crippen MR) is 344 cm³/mol. The van der Waals surface area contributed by atoms with E-state index in [-0.39, 0.29) is 101 Å². The number of aromatic amines is 6. The molecule has 38 heteroatoms. The first-order valence-corrected chi connectivity index (χ1v) is 35.7. The third-order valence-corrected chi connectivity index (χ3v) is 20.0. The molecule has 30 nitrogen and oxygen atoms in total. The van der Waals surface area contributed by atoms with Gasteiger partial charge in [-0.05, 0) is 182 Å². The van der Waals surface area contributed by atoms with Gasteiger partial charge in [0.2, 0.25) is 0 Å². The molecule has 0 fully saturated rings. The minimum absolute atomic E-state index is 0. The summed E-state index contributed by atoms with van der Waals surface area (Å²) >= 11 is 0. The molecule has 0 amide bonds. The van der Waals surface area contributed by atoms with Gasteiger partial charge in [0.25, 0.3) is 0 Å². The normalized spacial score (nSPS) is 13.3. The quantitative estimate of drug-likeness (QED) is 0.0698. The second-order valence-electron chi connectivity index (χ2n) is 21.1. The van der Waals surface area contributed by atoms with Gasteiger partial charge < -0.3 is 57.2 Å². The third-order valence-electron chi connectivity index (χ3n) is 14.4. The van der Waals surface area contributed by atoms with Gasteiger partial charge in [-0.25, -0.2) is 80.4 Å². The number of hydrogen-bond acceptors (Lipinski definition) is 24. The van der Waals surface area contributed by atoms with Crippen LogP contribution in [0.25, 0.3) is 139 Å². The Morgan fingerprint density at radius 3 is 0.490 bits per heavy atom. The van der Waals surface area contributed by atoms with E-state index in [9.17, 15) is 77.8 Å². The molecule has 6 N–H and O–H groups in total. The van der Waals surface area contributed by atoms with E-state index >= 15 is 0 Å². The van der Waals surface area contributed by atoms with Crippen molar-refractivity contribution in [2.24, 2.45) is 0 Å². The van der Waals surface area contributed by atoms with Gasteiger partial charge in [0.15, 0.2) is 0 Å². The maximum Gasteiger partial charge on any atom is 3.00 e. The molecule has 15 heterocycles. The second-order valence-corrected chi connectivity index (χ2v) is 29.0. The zero-order valence-electron chi connectivity index (χ0n) is 48.5. The summed E-state index contributed by atoms with van der Waals surface area (Å²) in [5, 5.41) is 0. The molecule has 9 aromatic heterocycles. The van der Waals surface area contributed by atoms with Gasteiger partial charge in [0.1, 0.15) is 90.1 Å². The molecule has 0 saturated carbocycles. The molecule has 24 bridgehead atoms. The molecule has 15 rings (SSSR count). The number of hydrogen-bond donors (Lipinski definition) is 6. The van der Waals surface area contributed by atoms with Crippen molar-refractivity contribution in [1.82, 2.24) is 59.8 Å². The van der Waals surface area contributed by atoms with Crippen LogP contribution in [0.3, 0.4) is 0 Å². The van der Waals surface area contributed by atoms with Gasteiger partial charge in [0, 0.05) is 33.1 Å². The van der Waals surface area contributed by atoms with Crippen molar-refractivity contribution >= 4 is 200 Å². The molecule has 0 spiro atoms. The Balaban J connectivity index is 0.000000147. The summed E-state index contributed by atoms with van der Waals surface area (Å²) in [4.78, 5) is 38.3. The summed E-state index contributed by atoms with van der Waals surface area (Å²) in [5.41, 5.74) is 4.41. The molecule has 0 atom stereocenters. The first kappa shape index (κ1) is 69.6. The minimum atomic E-state index is -5.03. The van der Waals surface area contributed by atoms with E-state index < -0.39 is 90.1 Å². The molecule has 0 unspecified atom stereocenters. The van der Waals surface area contributed by atoms with Gasteiger partial charge in [-0.3, -0.25) is 0 Å². The summed E-state index contributed by atoms with van der Waals surface area (Å²) in [6.07, 6.45) is 17.4. The Labute approximate surface area is 574 Å². The molecule has 0 aliphatic carbocycles. The number of aromatic nitrogens is 12. The SMILES string of the molecule is O=S(=O)([O-])c1c2nc(c(S(=O)(=O)[O-])c3ccc(cc4nc(cc5ccc1[nH]5)C=C4)[nH]3)C=C2.O=S(=O)([O-])c1c2nc(c(S(=O)(=O)[O-])c3ccc(cc4nc(cc5ccc1[nH]5)C=C4)[nH]3)C=C2.O=S(=O)([O-])c1c2nc(c(S(=O)(=O)[O-])c3ccc(cc4nc(cc5ccc1[nH]5)C=C4)[nH]3)C=C2.[Fe+3].[Fe+3]. The first-order valence-electron chi connectivity index (χ1n) is 27.3. The van der Waals surface area contributed by atoms with Crippen molar-refractivity contribution in [2.75, 3.05) is 0 Å². The van der Waals surface area contributed by atoms with E-state index in [1.807, 2.05) is 0 Å². The molecule has 98 heavy (non-hydrogen) atoms. The van der Waals surface area contributed by atoms with E-state index in [1.54, 1.807) is 109 Å². The number of nitrogens with one attached hydrogen (secondary N) is 6. The maximum atomic E-state index is 12.0. The molecule has 496 valence electrons. The fourth-order valence-electron chi connectivity index (χ4n) is 10.6. The van der Waals surface area contributed by atoms with Crippen LogP contribution in [-0.4, -0.2) is 138 Å². The summed E-state index contributed by atoms with van der Waals surface area (Å²) in [5.74, 6) is 0. The van der Waals surface area contributed by atoms with Crippen LogP contribution in [0.2, 0.25) is 0 Å². The van der Waals surface area contributed by atoms with Crippen LogP contribution in [0.5, 0.6) is 0 Å². The average molecular weight is 1520 g/mol. The Morgan fingerprint density at radius 1 is 0.214 bits per heavy atom. The minimum Gasteiger partial charge on any atom is -0.744 e. The monoisotopic (exact) mass is 1520 g/mol. The maximum absolute atomic E-state index is 12.0. The van der Waals surface area contributed by atoms with Gasteiger partial charge in [-0.2, -0.15) is 0 Å². The molecular weight excluding hydrogens is 1480 g/mol. The van der Waals surface area contributed by atoms with E-state index in [0.29, 0.717) is 67.3 Å². The van der Waals surface area contributed by atoms with Crippen LogP contribution in [-0.2, 0) is 94.8 Å². The number of nitrogens with zero attached hydrogens (tertiary/aromatic N) is 6. The van der Waals surface area contributed by atoms with Crippen molar-refractivity contribution in [2.45, 2.75) is 29.4 Å². The Hall–Kier alpha value is -9.70. The van der Waals surface area contributed by atoms with E-state index in [4.69, 9.17) is 0 Å². The summed E-state index contributed by atoms with van der Waals surface area (Å²) in [6, 6.07) is 27.8. The van der Waals surface area contributed by atoms with Gasteiger partial charge >= 0.3 is 34.1 Å². The molecule has 6 aliphatic rings. The van der Waals surface area contributed by atoms with Crippen LogP contribution >= 0.6 is 0 Å². The van der Waals surface area contributed by atoms with Crippen LogP contribution in [0.1, 0.15) is 68.3 Å².